The SMILES string of the molecule is Cc1cc(C(C)C)ncc1-[n+]1c2ccccc2c(C)n1C. The number of nitrogens with zero attached hydrogens (tertiary/aromatic N) is 3. The molecular formula is C18H22N3+. The van der Waals surface area contributed by atoms with E-state index in [-0.39, 0.29) is 0 Å². The van der Waals surface area contributed by atoms with Crippen LogP contribution in [-0.2, 0) is 7.05 Å². The largest absolute Gasteiger partial charge is 0.257 e. The van der Waals surface area contributed by atoms with Crippen LogP contribution in [0.5, 0.6) is 0 Å². The quantitative estimate of drug-likeness (QED) is 0.657. The van der Waals surface area contributed by atoms with E-state index in [9.17, 15) is 0 Å². The Morgan fingerprint density at radius 1 is 1.14 bits per heavy atom. The molecule has 0 saturated carbocycles. The Labute approximate surface area is 125 Å². The van der Waals surface area contributed by atoms with Crippen molar-refractivity contribution in [2.75, 3.05) is 0 Å². The third-order valence-electron chi connectivity index (χ3n) is 4.23. The van der Waals surface area contributed by atoms with Crippen molar-refractivity contribution in [1.82, 2.24) is 9.67 Å². The smallest absolute Gasteiger partial charge is 0.254 e. The van der Waals surface area contributed by atoms with Crippen LogP contribution in [0.2, 0.25) is 0 Å². The van der Waals surface area contributed by atoms with Crippen LogP contribution in [0.1, 0.15) is 36.7 Å². The highest BCUT2D eigenvalue weighted by atomic mass is 15.4. The maximum absolute atomic E-state index is 4.64. The Hall–Kier alpha value is -2.16. The number of rotatable bonds is 2. The first-order valence-corrected chi connectivity index (χ1v) is 7.44. The zero-order valence-electron chi connectivity index (χ0n) is 13.4. The monoisotopic (exact) mass is 280 g/mol. The number of hydrogen-bond acceptors (Lipinski definition) is 1. The van der Waals surface area contributed by atoms with Gasteiger partial charge in [-0.15, -0.1) is 0 Å². The number of aromatic nitrogens is 3. The molecule has 0 radical (unpaired) electrons. The van der Waals surface area contributed by atoms with Crippen molar-refractivity contribution in [2.45, 2.75) is 33.6 Å². The molecular weight excluding hydrogens is 258 g/mol. The fourth-order valence-electron chi connectivity index (χ4n) is 2.85. The van der Waals surface area contributed by atoms with Crippen molar-refractivity contribution in [3.05, 3.63) is 53.5 Å². The van der Waals surface area contributed by atoms with Crippen LogP contribution in [0, 0.1) is 13.8 Å². The average Bonchev–Trinajstić information content (AvgIpc) is 2.72. The van der Waals surface area contributed by atoms with E-state index in [0.29, 0.717) is 5.92 Å². The highest BCUT2D eigenvalue weighted by Crippen LogP contribution is 2.20. The lowest BCUT2D eigenvalue weighted by Gasteiger charge is -2.07. The van der Waals surface area contributed by atoms with Crippen LogP contribution in [0.4, 0.5) is 0 Å². The standard InChI is InChI=1S/C18H22N3/c1-12(2)16-10-13(3)18(11-19-16)21-17-9-7-6-8-15(17)14(4)20(21)5/h6-12H,1-5H3/q+1. The lowest BCUT2D eigenvalue weighted by molar-refractivity contribution is -0.659. The number of fused-ring (bicyclic) bond motifs is 1. The Morgan fingerprint density at radius 3 is 2.52 bits per heavy atom. The van der Waals surface area contributed by atoms with Gasteiger partial charge in [0.1, 0.15) is 6.20 Å². The Morgan fingerprint density at radius 2 is 1.86 bits per heavy atom. The van der Waals surface area contributed by atoms with Gasteiger partial charge in [-0.3, -0.25) is 4.98 Å². The number of aryl methyl sites for hydroxylation is 2. The van der Waals surface area contributed by atoms with E-state index in [1.54, 1.807) is 0 Å². The minimum Gasteiger partial charge on any atom is -0.254 e. The van der Waals surface area contributed by atoms with Gasteiger partial charge in [-0.2, -0.15) is 4.68 Å². The molecule has 0 amide bonds. The van der Waals surface area contributed by atoms with E-state index in [4.69, 9.17) is 0 Å². The molecule has 0 aliphatic heterocycles. The maximum atomic E-state index is 4.64. The van der Waals surface area contributed by atoms with Crippen molar-refractivity contribution >= 4 is 10.9 Å². The molecule has 0 spiro atoms. The van der Waals surface area contributed by atoms with Crippen LogP contribution < -0.4 is 4.68 Å². The fourth-order valence-corrected chi connectivity index (χ4v) is 2.85. The van der Waals surface area contributed by atoms with Gasteiger partial charge in [-0.25, -0.2) is 0 Å². The highest BCUT2D eigenvalue weighted by Gasteiger charge is 2.23. The maximum Gasteiger partial charge on any atom is 0.257 e. The van der Waals surface area contributed by atoms with Gasteiger partial charge >= 0.3 is 0 Å². The molecule has 0 bridgehead atoms. The molecule has 0 aliphatic carbocycles. The van der Waals surface area contributed by atoms with E-state index in [2.05, 4.69) is 79.4 Å². The van der Waals surface area contributed by atoms with Crippen LogP contribution in [0.25, 0.3) is 16.6 Å². The second-order valence-corrected chi connectivity index (χ2v) is 5.99. The van der Waals surface area contributed by atoms with Gasteiger partial charge in [-0.1, -0.05) is 30.7 Å². The van der Waals surface area contributed by atoms with E-state index in [1.807, 2.05) is 6.20 Å². The zero-order chi connectivity index (χ0) is 15.1. The summed E-state index contributed by atoms with van der Waals surface area (Å²) in [5.74, 6) is 0.453. The summed E-state index contributed by atoms with van der Waals surface area (Å²) in [5, 5.41) is 1.28. The molecule has 3 heteroatoms. The zero-order valence-corrected chi connectivity index (χ0v) is 13.4. The van der Waals surface area contributed by atoms with Gasteiger partial charge in [0.2, 0.25) is 5.52 Å². The topological polar surface area (TPSA) is 21.7 Å². The predicted molar refractivity (Wildman–Crippen MR) is 85.8 cm³/mol. The summed E-state index contributed by atoms with van der Waals surface area (Å²) in [6.07, 6.45) is 2.00. The average molecular weight is 280 g/mol. The molecule has 2 aromatic heterocycles. The summed E-state index contributed by atoms with van der Waals surface area (Å²) in [7, 11) is 2.10. The summed E-state index contributed by atoms with van der Waals surface area (Å²) in [6, 6.07) is 10.7. The van der Waals surface area contributed by atoms with Crippen LogP contribution in [0.15, 0.2) is 36.5 Å². The molecule has 108 valence electrons. The molecule has 0 saturated heterocycles. The van der Waals surface area contributed by atoms with Crippen molar-refractivity contribution in [3.8, 4) is 5.69 Å². The highest BCUT2D eigenvalue weighted by molar-refractivity contribution is 5.78. The van der Waals surface area contributed by atoms with Gasteiger partial charge in [0.05, 0.1) is 18.1 Å². The fraction of sp³-hybridized carbons (Fsp3) is 0.333. The Balaban J connectivity index is 2.28. The van der Waals surface area contributed by atoms with Gasteiger partial charge in [-0.05, 0) is 31.9 Å². The summed E-state index contributed by atoms with van der Waals surface area (Å²) in [4.78, 5) is 4.64. The van der Waals surface area contributed by atoms with Crippen molar-refractivity contribution in [2.24, 2.45) is 7.05 Å². The summed E-state index contributed by atoms with van der Waals surface area (Å²) >= 11 is 0. The molecule has 3 nitrogen and oxygen atoms in total. The number of pyridine rings is 1. The van der Waals surface area contributed by atoms with E-state index >= 15 is 0 Å². The summed E-state index contributed by atoms with van der Waals surface area (Å²) < 4.78 is 4.45. The Kier molecular flexibility index (Phi) is 3.28. The van der Waals surface area contributed by atoms with Crippen LogP contribution in [0.3, 0.4) is 0 Å². The predicted octanol–water partition coefficient (Wildman–Crippen LogP) is 3.59. The summed E-state index contributed by atoms with van der Waals surface area (Å²) in [6.45, 7) is 8.67. The Bertz CT molecular complexity index is 813. The van der Waals surface area contributed by atoms with Gasteiger partial charge in [0.15, 0.2) is 0 Å². The lowest BCUT2D eigenvalue weighted by Crippen LogP contribution is -2.40. The molecule has 3 rings (SSSR count). The third kappa shape index (κ3) is 2.13. The minimum absolute atomic E-state index is 0.453. The second-order valence-electron chi connectivity index (χ2n) is 5.99. The molecule has 21 heavy (non-hydrogen) atoms. The molecule has 1 aromatic carbocycles. The third-order valence-corrected chi connectivity index (χ3v) is 4.23. The second kappa shape index (κ2) is 4.99. The summed E-state index contributed by atoms with van der Waals surface area (Å²) in [5.41, 5.74) is 6.03. The molecule has 0 N–H and O–H groups in total. The van der Waals surface area contributed by atoms with Crippen molar-refractivity contribution in [3.63, 3.8) is 0 Å². The number of hydrogen-bond donors (Lipinski definition) is 0. The molecule has 0 aliphatic rings. The van der Waals surface area contributed by atoms with E-state index in [1.165, 1.54) is 22.2 Å². The molecule has 0 unspecified atom stereocenters. The van der Waals surface area contributed by atoms with E-state index in [0.717, 1.165) is 11.4 Å². The van der Waals surface area contributed by atoms with Gasteiger partial charge in [0, 0.05) is 17.3 Å². The lowest BCUT2D eigenvalue weighted by atomic mass is 10.1. The van der Waals surface area contributed by atoms with Crippen LogP contribution in [-0.4, -0.2) is 9.67 Å². The molecule has 0 atom stereocenters. The first-order valence-electron chi connectivity index (χ1n) is 7.44. The van der Waals surface area contributed by atoms with E-state index < -0.39 is 0 Å². The molecule has 2 heterocycles. The number of para-hydroxylation sites is 1. The van der Waals surface area contributed by atoms with Gasteiger partial charge in [0.25, 0.3) is 5.69 Å². The van der Waals surface area contributed by atoms with Crippen molar-refractivity contribution in [1.29, 1.82) is 0 Å². The molecule has 0 fully saturated rings. The first-order chi connectivity index (χ1) is 10.0. The van der Waals surface area contributed by atoms with Crippen LogP contribution >= 0.6 is 0 Å². The number of benzene rings is 1. The first kappa shape index (κ1) is 13.8. The normalized spacial score (nSPS) is 11.5. The minimum atomic E-state index is 0.453. The molecule has 3 aromatic rings. The van der Waals surface area contributed by atoms with Gasteiger partial charge < -0.3 is 0 Å². The van der Waals surface area contributed by atoms with Crippen molar-refractivity contribution < 1.29 is 4.68 Å².